The number of morpholine rings is 1. The average Bonchev–Trinajstić information content (AvgIpc) is 2.76. The number of carbonyl (C=O) groups excluding carboxylic acids is 1. The Morgan fingerprint density at radius 3 is 2.42 bits per heavy atom. The molecule has 8 heteroatoms. The maximum atomic E-state index is 13.3. The number of sulfonamides is 1. The first-order chi connectivity index (χ1) is 14.8. The highest BCUT2D eigenvalue weighted by Gasteiger charge is 2.32. The van der Waals surface area contributed by atoms with Crippen LogP contribution in [-0.4, -0.2) is 69.1 Å². The Kier molecular flexibility index (Phi) is 7.83. The molecule has 0 aromatic heterocycles. The third-order valence-corrected chi connectivity index (χ3v) is 7.00. The zero-order valence-electron chi connectivity index (χ0n) is 18.2. The number of hydrogen-bond donors (Lipinski definition) is 0. The van der Waals surface area contributed by atoms with Crippen molar-refractivity contribution in [2.75, 3.05) is 33.4 Å². The monoisotopic (exact) mass is 446 g/mol. The highest BCUT2D eigenvalue weighted by Crippen LogP contribution is 2.22. The summed E-state index contributed by atoms with van der Waals surface area (Å²) in [4.78, 5) is 15.0. The largest absolute Gasteiger partial charge is 0.383 e. The predicted molar refractivity (Wildman–Crippen MR) is 118 cm³/mol. The Labute approximate surface area is 184 Å². The molecule has 2 aromatic carbocycles. The van der Waals surface area contributed by atoms with E-state index >= 15 is 0 Å². The third kappa shape index (κ3) is 5.92. The summed E-state index contributed by atoms with van der Waals surface area (Å²) in [5.41, 5.74) is 1.33. The second-order valence-corrected chi connectivity index (χ2v) is 9.75. The molecule has 31 heavy (non-hydrogen) atoms. The van der Waals surface area contributed by atoms with E-state index in [0.717, 1.165) is 5.56 Å². The molecule has 0 bridgehead atoms. The Balaban J connectivity index is 1.85. The topological polar surface area (TPSA) is 76.2 Å². The van der Waals surface area contributed by atoms with Crippen LogP contribution in [0.5, 0.6) is 0 Å². The van der Waals surface area contributed by atoms with Crippen molar-refractivity contribution in [2.45, 2.75) is 37.5 Å². The fourth-order valence-electron chi connectivity index (χ4n) is 3.71. The zero-order valence-corrected chi connectivity index (χ0v) is 19.0. The van der Waals surface area contributed by atoms with Crippen molar-refractivity contribution in [2.24, 2.45) is 0 Å². The average molecular weight is 447 g/mol. The molecule has 2 unspecified atom stereocenters. The highest BCUT2D eigenvalue weighted by molar-refractivity contribution is 7.89. The van der Waals surface area contributed by atoms with Crippen LogP contribution in [0.4, 0.5) is 0 Å². The summed E-state index contributed by atoms with van der Waals surface area (Å²) in [6.45, 7) is 5.50. The van der Waals surface area contributed by atoms with E-state index in [1.54, 1.807) is 24.1 Å². The molecule has 7 nitrogen and oxygen atoms in total. The van der Waals surface area contributed by atoms with Gasteiger partial charge in [0, 0.05) is 38.9 Å². The second kappa shape index (κ2) is 10.4. The molecule has 1 amide bonds. The molecule has 0 N–H and O–H groups in total. The maximum Gasteiger partial charge on any atom is 0.254 e. The molecule has 168 valence electrons. The Morgan fingerprint density at radius 2 is 1.77 bits per heavy atom. The van der Waals surface area contributed by atoms with Crippen LogP contribution in [-0.2, 0) is 26.0 Å². The lowest BCUT2D eigenvalue weighted by Gasteiger charge is -2.34. The molecule has 1 aliphatic rings. The van der Waals surface area contributed by atoms with Crippen molar-refractivity contribution in [3.8, 4) is 0 Å². The van der Waals surface area contributed by atoms with Gasteiger partial charge in [-0.15, -0.1) is 0 Å². The van der Waals surface area contributed by atoms with E-state index in [1.165, 1.54) is 16.4 Å². The lowest BCUT2D eigenvalue weighted by Crippen LogP contribution is -2.48. The summed E-state index contributed by atoms with van der Waals surface area (Å²) in [6.07, 6.45) is -0.363. The van der Waals surface area contributed by atoms with Gasteiger partial charge >= 0.3 is 0 Å². The van der Waals surface area contributed by atoms with Gasteiger partial charge in [-0.25, -0.2) is 8.42 Å². The molecule has 3 rings (SSSR count). The van der Waals surface area contributed by atoms with Gasteiger partial charge in [0.2, 0.25) is 10.0 Å². The van der Waals surface area contributed by atoms with Crippen LogP contribution in [0, 0.1) is 0 Å². The Morgan fingerprint density at radius 1 is 1.10 bits per heavy atom. The van der Waals surface area contributed by atoms with Gasteiger partial charge in [0.15, 0.2) is 0 Å². The summed E-state index contributed by atoms with van der Waals surface area (Å²) in [7, 11) is -2.14. The second-order valence-electron chi connectivity index (χ2n) is 7.81. The smallest absolute Gasteiger partial charge is 0.254 e. The minimum atomic E-state index is -3.73. The van der Waals surface area contributed by atoms with Crippen molar-refractivity contribution < 1.29 is 22.7 Å². The number of ether oxygens (including phenoxy) is 2. The summed E-state index contributed by atoms with van der Waals surface area (Å²) in [5.74, 6) is -0.235. The summed E-state index contributed by atoms with van der Waals surface area (Å²) in [5, 5.41) is 0. The van der Waals surface area contributed by atoms with Crippen molar-refractivity contribution in [1.82, 2.24) is 9.21 Å². The SMILES string of the molecule is COCCN(Cc1ccccc1)C(=O)c1cccc(S(=O)(=O)N2CC(C)OC(C)C2)c1. The van der Waals surface area contributed by atoms with Crippen molar-refractivity contribution >= 4 is 15.9 Å². The van der Waals surface area contributed by atoms with Gasteiger partial charge in [0.1, 0.15) is 0 Å². The molecule has 1 fully saturated rings. The van der Waals surface area contributed by atoms with Crippen LogP contribution in [0.3, 0.4) is 0 Å². The summed E-state index contributed by atoms with van der Waals surface area (Å²) < 4.78 is 38.7. The quantitative estimate of drug-likeness (QED) is 0.623. The zero-order chi connectivity index (χ0) is 22.4. The van der Waals surface area contributed by atoms with Gasteiger partial charge in [0.25, 0.3) is 5.91 Å². The maximum absolute atomic E-state index is 13.3. The molecule has 2 atom stereocenters. The van der Waals surface area contributed by atoms with Crippen molar-refractivity contribution in [3.05, 3.63) is 65.7 Å². The Bertz CT molecular complexity index is 970. The predicted octanol–water partition coefficient (Wildman–Crippen LogP) is 2.77. The van der Waals surface area contributed by atoms with Gasteiger partial charge < -0.3 is 14.4 Å². The van der Waals surface area contributed by atoms with E-state index < -0.39 is 10.0 Å². The van der Waals surface area contributed by atoms with Crippen molar-refractivity contribution in [1.29, 1.82) is 0 Å². The summed E-state index contributed by atoms with van der Waals surface area (Å²) >= 11 is 0. The molecule has 0 radical (unpaired) electrons. The molecule has 0 aliphatic carbocycles. The standard InChI is InChI=1S/C23H30N2O5S/c1-18-15-25(16-19(2)30-18)31(27,28)22-11-7-10-21(14-22)23(26)24(12-13-29-3)17-20-8-5-4-6-9-20/h4-11,14,18-19H,12-13,15-17H2,1-3H3. The van der Waals surface area contributed by atoms with Gasteiger partial charge in [-0.3, -0.25) is 4.79 Å². The molecular weight excluding hydrogens is 416 g/mol. The number of rotatable bonds is 8. The van der Waals surface area contributed by atoms with E-state index in [-0.39, 0.29) is 23.0 Å². The molecule has 1 heterocycles. The lowest BCUT2D eigenvalue weighted by molar-refractivity contribution is -0.0440. The van der Waals surface area contributed by atoms with Crippen LogP contribution in [0.1, 0.15) is 29.8 Å². The van der Waals surface area contributed by atoms with Crippen LogP contribution in [0.25, 0.3) is 0 Å². The van der Waals surface area contributed by atoms with E-state index in [1.807, 2.05) is 44.2 Å². The fourth-order valence-corrected chi connectivity index (χ4v) is 5.34. The Hall–Kier alpha value is -2.26. The van der Waals surface area contributed by atoms with Gasteiger partial charge in [-0.1, -0.05) is 36.4 Å². The third-order valence-electron chi connectivity index (χ3n) is 5.17. The number of carbonyl (C=O) groups is 1. The molecule has 0 saturated carbocycles. The normalized spacial score (nSPS) is 19.8. The first kappa shape index (κ1) is 23.4. The van der Waals surface area contributed by atoms with Gasteiger partial charge in [-0.05, 0) is 37.6 Å². The van der Waals surface area contributed by atoms with E-state index in [0.29, 0.717) is 38.3 Å². The summed E-state index contributed by atoms with van der Waals surface area (Å²) in [6, 6.07) is 15.9. The molecule has 1 saturated heterocycles. The van der Waals surface area contributed by atoms with Crippen molar-refractivity contribution in [3.63, 3.8) is 0 Å². The van der Waals surface area contributed by atoms with Gasteiger partial charge in [0.05, 0.1) is 23.7 Å². The minimum absolute atomic E-state index is 0.117. The highest BCUT2D eigenvalue weighted by atomic mass is 32.2. The van der Waals surface area contributed by atoms with Crippen LogP contribution in [0.2, 0.25) is 0 Å². The van der Waals surface area contributed by atoms with E-state index in [2.05, 4.69) is 0 Å². The molecule has 1 aliphatic heterocycles. The van der Waals surface area contributed by atoms with E-state index in [9.17, 15) is 13.2 Å². The lowest BCUT2D eigenvalue weighted by atomic mass is 10.1. The first-order valence-electron chi connectivity index (χ1n) is 10.4. The van der Waals surface area contributed by atoms with Crippen LogP contribution >= 0.6 is 0 Å². The number of nitrogens with zero attached hydrogens (tertiary/aromatic N) is 2. The molecule has 0 spiro atoms. The van der Waals surface area contributed by atoms with Crippen LogP contribution < -0.4 is 0 Å². The fraction of sp³-hybridized carbons (Fsp3) is 0.435. The first-order valence-corrected chi connectivity index (χ1v) is 11.8. The number of methoxy groups -OCH3 is 1. The number of benzene rings is 2. The van der Waals surface area contributed by atoms with Gasteiger partial charge in [-0.2, -0.15) is 4.31 Å². The number of hydrogen-bond acceptors (Lipinski definition) is 5. The molecule has 2 aromatic rings. The minimum Gasteiger partial charge on any atom is -0.383 e. The van der Waals surface area contributed by atoms with Crippen LogP contribution in [0.15, 0.2) is 59.5 Å². The molecular formula is C23H30N2O5S. The number of amides is 1. The van der Waals surface area contributed by atoms with E-state index in [4.69, 9.17) is 9.47 Å².